The van der Waals surface area contributed by atoms with Gasteiger partial charge in [0, 0.05) is 6.42 Å². The molecule has 0 unspecified atom stereocenters. The number of hydrogen-bond donors (Lipinski definition) is 3. The first-order valence-corrected chi connectivity index (χ1v) is 3.30. The Labute approximate surface area is 67.4 Å². The minimum Gasteiger partial charge on any atom is -0.494 e. The van der Waals surface area contributed by atoms with E-state index >= 15 is 0 Å². The molecule has 5 nitrogen and oxygen atoms in total. The van der Waals surface area contributed by atoms with Crippen LogP contribution >= 0.6 is 0 Å². The Kier molecular flexibility index (Phi) is 2.14. The van der Waals surface area contributed by atoms with Gasteiger partial charge in [0.05, 0.1) is 5.56 Å². The third kappa shape index (κ3) is 1.45. The average Bonchev–Trinajstić information content (AvgIpc) is 1.96. The van der Waals surface area contributed by atoms with E-state index in [-0.39, 0.29) is 12.0 Å². The van der Waals surface area contributed by atoms with Gasteiger partial charge in [0.15, 0.2) is 0 Å². The van der Waals surface area contributed by atoms with Crippen molar-refractivity contribution in [3.8, 4) is 5.88 Å². The molecule has 0 atom stereocenters. The highest BCUT2D eigenvalue weighted by atomic mass is 16.3. The number of H-pyrrole nitrogens is 2. The molecule has 5 heteroatoms. The fourth-order valence-electron chi connectivity index (χ4n) is 0.834. The molecule has 0 aromatic carbocycles. The standard InChI is InChI=1S/C7H8N2O3/c1-2-3-4-5(10)8-7(12)9-6(4)11/h2H,1,3H2,(H3,8,9,10,11,12). The molecule has 3 N–H and O–H groups in total. The average molecular weight is 168 g/mol. The summed E-state index contributed by atoms with van der Waals surface area (Å²) in [5.41, 5.74) is -1.19. The molecule has 12 heavy (non-hydrogen) atoms. The van der Waals surface area contributed by atoms with Crippen molar-refractivity contribution in [3.63, 3.8) is 0 Å². The second-order valence-corrected chi connectivity index (χ2v) is 2.23. The summed E-state index contributed by atoms with van der Waals surface area (Å²) in [4.78, 5) is 25.6. The molecule has 1 aromatic heterocycles. The van der Waals surface area contributed by atoms with Gasteiger partial charge in [-0.25, -0.2) is 4.79 Å². The van der Waals surface area contributed by atoms with Gasteiger partial charge in [-0.1, -0.05) is 6.08 Å². The van der Waals surface area contributed by atoms with Crippen molar-refractivity contribution < 1.29 is 5.11 Å². The first kappa shape index (κ1) is 8.32. The van der Waals surface area contributed by atoms with Gasteiger partial charge < -0.3 is 5.11 Å². The van der Waals surface area contributed by atoms with Gasteiger partial charge in [0.1, 0.15) is 0 Å². The van der Waals surface area contributed by atoms with Gasteiger partial charge in [-0.05, 0) is 0 Å². The van der Waals surface area contributed by atoms with Gasteiger partial charge in [0.25, 0.3) is 5.56 Å². The normalized spacial score (nSPS) is 9.67. The molecule has 1 rings (SSSR count). The monoisotopic (exact) mass is 168 g/mol. The summed E-state index contributed by atoms with van der Waals surface area (Å²) in [5.74, 6) is -0.399. The Balaban J connectivity index is 3.38. The Morgan fingerprint density at radius 2 is 2.08 bits per heavy atom. The summed E-state index contributed by atoms with van der Waals surface area (Å²) in [6.45, 7) is 3.40. The zero-order valence-corrected chi connectivity index (χ0v) is 6.26. The van der Waals surface area contributed by atoms with Crippen LogP contribution in [0.4, 0.5) is 0 Å². The van der Waals surface area contributed by atoms with Crippen molar-refractivity contribution in [2.24, 2.45) is 0 Å². The van der Waals surface area contributed by atoms with E-state index in [0.29, 0.717) is 0 Å². The van der Waals surface area contributed by atoms with E-state index in [1.165, 1.54) is 6.08 Å². The number of aromatic hydroxyl groups is 1. The first-order valence-electron chi connectivity index (χ1n) is 3.30. The highest BCUT2D eigenvalue weighted by Crippen LogP contribution is 2.04. The Morgan fingerprint density at radius 1 is 1.42 bits per heavy atom. The van der Waals surface area contributed by atoms with Gasteiger partial charge in [0.2, 0.25) is 5.88 Å². The van der Waals surface area contributed by atoms with E-state index < -0.39 is 17.1 Å². The highest BCUT2D eigenvalue weighted by molar-refractivity contribution is 5.22. The summed E-state index contributed by atoms with van der Waals surface area (Å²) in [6, 6.07) is 0. The van der Waals surface area contributed by atoms with E-state index in [4.69, 9.17) is 5.11 Å². The minimum absolute atomic E-state index is 0.115. The lowest BCUT2D eigenvalue weighted by molar-refractivity contribution is 0.442. The predicted molar refractivity (Wildman–Crippen MR) is 43.2 cm³/mol. The fourth-order valence-corrected chi connectivity index (χ4v) is 0.834. The topological polar surface area (TPSA) is 85.9 Å². The summed E-state index contributed by atoms with van der Waals surface area (Å²) >= 11 is 0. The van der Waals surface area contributed by atoms with Gasteiger partial charge in [-0.3, -0.25) is 14.8 Å². The molecule has 0 spiro atoms. The Hall–Kier alpha value is -1.78. The third-order valence-electron chi connectivity index (χ3n) is 1.37. The lowest BCUT2D eigenvalue weighted by atomic mass is 10.2. The van der Waals surface area contributed by atoms with Crippen molar-refractivity contribution in [2.75, 3.05) is 0 Å². The molecule has 0 aliphatic carbocycles. The van der Waals surface area contributed by atoms with Crippen molar-refractivity contribution >= 4 is 0 Å². The second-order valence-electron chi connectivity index (χ2n) is 2.23. The largest absolute Gasteiger partial charge is 0.494 e. The molecule has 0 fully saturated rings. The first-order chi connectivity index (χ1) is 5.65. The number of aromatic amines is 2. The fraction of sp³-hybridized carbons (Fsp3) is 0.143. The molecule has 0 radical (unpaired) electrons. The van der Waals surface area contributed by atoms with Crippen LogP contribution in [0.15, 0.2) is 22.2 Å². The van der Waals surface area contributed by atoms with Crippen molar-refractivity contribution in [2.45, 2.75) is 6.42 Å². The molecule has 64 valence electrons. The van der Waals surface area contributed by atoms with Gasteiger partial charge in [-0.2, -0.15) is 0 Å². The molecule has 0 saturated carbocycles. The second kappa shape index (κ2) is 3.08. The van der Waals surface area contributed by atoms with Crippen LogP contribution in [0.1, 0.15) is 5.56 Å². The van der Waals surface area contributed by atoms with Crippen LogP contribution in [0.25, 0.3) is 0 Å². The molecule has 1 heterocycles. The van der Waals surface area contributed by atoms with Crippen LogP contribution < -0.4 is 11.2 Å². The minimum atomic E-state index is -0.717. The molecule has 0 aliphatic heterocycles. The van der Waals surface area contributed by atoms with Crippen LogP contribution in [0, 0.1) is 0 Å². The predicted octanol–water partition coefficient (Wildman–Crippen LogP) is -0.503. The van der Waals surface area contributed by atoms with Gasteiger partial charge >= 0.3 is 5.69 Å². The number of hydrogen-bond acceptors (Lipinski definition) is 3. The van der Waals surface area contributed by atoms with Crippen molar-refractivity contribution in [1.29, 1.82) is 0 Å². The van der Waals surface area contributed by atoms with E-state index in [1.807, 2.05) is 4.98 Å². The lowest BCUT2D eigenvalue weighted by Crippen LogP contribution is -2.24. The molecule has 1 aromatic rings. The molecular weight excluding hydrogens is 160 g/mol. The Bertz CT molecular complexity index is 402. The maximum Gasteiger partial charge on any atom is 0.328 e. The molecule has 0 aliphatic rings. The van der Waals surface area contributed by atoms with E-state index in [9.17, 15) is 9.59 Å². The van der Waals surface area contributed by atoms with Crippen LogP contribution in [-0.4, -0.2) is 15.1 Å². The summed E-state index contributed by atoms with van der Waals surface area (Å²) in [7, 11) is 0. The van der Waals surface area contributed by atoms with Crippen LogP contribution in [0.3, 0.4) is 0 Å². The van der Waals surface area contributed by atoms with Crippen LogP contribution in [-0.2, 0) is 6.42 Å². The molecule has 0 bridgehead atoms. The van der Waals surface area contributed by atoms with Gasteiger partial charge in [-0.15, -0.1) is 6.58 Å². The lowest BCUT2D eigenvalue weighted by Gasteiger charge is -1.96. The molecule has 0 amide bonds. The summed E-state index contributed by atoms with van der Waals surface area (Å²) < 4.78 is 0. The quantitative estimate of drug-likeness (QED) is 0.520. The highest BCUT2D eigenvalue weighted by Gasteiger charge is 2.04. The zero-order valence-electron chi connectivity index (χ0n) is 6.26. The SMILES string of the molecule is C=CCc1c(O)[nH]c(=O)[nH]c1=O. The van der Waals surface area contributed by atoms with E-state index in [0.717, 1.165) is 0 Å². The van der Waals surface area contributed by atoms with Crippen molar-refractivity contribution in [1.82, 2.24) is 9.97 Å². The number of allylic oxidation sites excluding steroid dienone is 1. The number of nitrogens with one attached hydrogen (secondary N) is 2. The smallest absolute Gasteiger partial charge is 0.328 e. The molecular formula is C7H8N2O3. The third-order valence-corrected chi connectivity index (χ3v) is 1.37. The summed E-state index contributed by atoms with van der Waals surface area (Å²) in [5, 5.41) is 9.08. The summed E-state index contributed by atoms with van der Waals surface area (Å²) in [6.07, 6.45) is 1.68. The zero-order chi connectivity index (χ0) is 9.14. The maximum absolute atomic E-state index is 11.0. The van der Waals surface area contributed by atoms with Crippen molar-refractivity contribution in [3.05, 3.63) is 39.1 Å². The van der Waals surface area contributed by atoms with Crippen LogP contribution in [0.2, 0.25) is 0 Å². The van der Waals surface area contributed by atoms with E-state index in [2.05, 4.69) is 11.6 Å². The maximum atomic E-state index is 11.0. The molecule has 0 saturated heterocycles. The number of aromatic nitrogens is 2. The number of rotatable bonds is 2. The Morgan fingerprint density at radius 3 is 2.58 bits per heavy atom. The van der Waals surface area contributed by atoms with Crippen LogP contribution in [0.5, 0.6) is 5.88 Å². The van der Waals surface area contributed by atoms with E-state index in [1.54, 1.807) is 0 Å².